The molecule has 1 unspecified atom stereocenters. The van der Waals surface area contributed by atoms with Gasteiger partial charge in [0.1, 0.15) is 0 Å². The molecule has 1 atom stereocenters. The molecule has 0 radical (unpaired) electrons. The molecule has 0 amide bonds. The summed E-state index contributed by atoms with van der Waals surface area (Å²) in [5.41, 5.74) is 2.57. The molecular weight excluding hydrogens is 306 g/mol. The summed E-state index contributed by atoms with van der Waals surface area (Å²) in [5, 5.41) is 3.57. The van der Waals surface area contributed by atoms with Crippen LogP contribution in [0, 0.1) is 29.1 Å². The highest BCUT2D eigenvalue weighted by molar-refractivity contribution is 5.41. The molecule has 0 spiro atoms. The van der Waals surface area contributed by atoms with Gasteiger partial charge in [-0.3, -0.25) is 0 Å². The monoisotopic (exact) mass is 339 g/mol. The van der Waals surface area contributed by atoms with E-state index in [1.54, 1.807) is 0 Å². The molecule has 2 heteroatoms. The number of nitrogens with one attached hydrogen (secondary N) is 1. The van der Waals surface area contributed by atoms with Crippen LogP contribution >= 0.6 is 0 Å². The van der Waals surface area contributed by atoms with Crippen molar-refractivity contribution >= 4 is 0 Å². The van der Waals surface area contributed by atoms with Crippen molar-refractivity contribution in [1.82, 2.24) is 5.32 Å². The minimum Gasteiger partial charge on any atom is -0.380 e. The lowest BCUT2D eigenvalue weighted by Gasteiger charge is -2.26. The van der Waals surface area contributed by atoms with E-state index in [4.69, 9.17) is 4.74 Å². The van der Waals surface area contributed by atoms with Gasteiger partial charge in [0.2, 0.25) is 0 Å². The van der Waals surface area contributed by atoms with Gasteiger partial charge >= 0.3 is 0 Å². The van der Waals surface area contributed by atoms with Crippen molar-refractivity contribution in [2.45, 2.75) is 66.5 Å². The average molecular weight is 340 g/mol. The molecule has 2 nitrogen and oxygen atoms in total. The molecule has 0 aliphatic heterocycles. The fourth-order valence-corrected chi connectivity index (χ4v) is 2.30. The molecule has 0 saturated carbocycles. The molecule has 25 heavy (non-hydrogen) atoms. The standard InChI is InChI=1S/C23H33NO/c1-19(24-23(5,6)7)21-15-13-20(14-16-21)12-10-8-9-11-17-25-18-22(2,3)4/h13-16,19,24H,11,17-18H2,1-7H3. The van der Waals surface area contributed by atoms with Crippen molar-refractivity contribution in [2.24, 2.45) is 5.41 Å². The highest BCUT2D eigenvalue weighted by Crippen LogP contribution is 2.16. The van der Waals surface area contributed by atoms with Crippen LogP contribution in [0.1, 0.15) is 72.1 Å². The van der Waals surface area contributed by atoms with E-state index in [1.807, 2.05) is 0 Å². The van der Waals surface area contributed by atoms with Crippen LogP contribution in [0.3, 0.4) is 0 Å². The Morgan fingerprint density at radius 1 is 1.00 bits per heavy atom. The van der Waals surface area contributed by atoms with E-state index in [-0.39, 0.29) is 11.0 Å². The van der Waals surface area contributed by atoms with Crippen molar-refractivity contribution in [3.05, 3.63) is 35.4 Å². The highest BCUT2D eigenvalue weighted by Gasteiger charge is 2.14. The molecule has 0 fully saturated rings. The van der Waals surface area contributed by atoms with Gasteiger partial charge in [-0.25, -0.2) is 0 Å². The molecular formula is C23H33NO. The van der Waals surface area contributed by atoms with E-state index in [2.05, 4.69) is 102 Å². The second-order valence-electron chi connectivity index (χ2n) is 8.65. The summed E-state index contributed by atoms with van der Waals surface area (Å²) >= 11 is 0. The lowest BCUT2D eigenvalue weighted by atomic mass is 9.99. The Hall–Kier alpha value is -1.74. The Balaban J connectivity index is 2.44. The maximum atomic E-state index is 5.58. The van der Waals surface area contributed by atoms with E-state index >= 15 is 0 Å². The van der Waals surface area contributed by atoms with Crippen LogP contribution in [0.15, 0.2) is 24.3 Å². The molecule has 1 aromatic carbocycles. The largest absolute Gasteiger partial charge is 0.380 e. The third-order valence-electron chi connectivity index (χ3n) is 3.32. The first-order valence-electron chi connectivity index (χ1n) is 9.01. The first-order valence-corrected chi connectivity index (χ1v) is 9.01. The van der Waals surface area contributed by atoms with Gasteiger partial charge in [0.25, 0.3) is 0 Å². The molecule has 1 N–H and O–H groups in total. The van der Waals surface area contributed by atoms with Crippen molar-refractivity contribution in [2.75, 3.05) is 13.2 Å². The molecule has 0 aliphatic carbocycles. The summed E-state index contributed by atoms with van der Waals surface area (Å²) in [6.45, 7) is 16.6. The molecule has 0 aromatic heterocycles. The molecule has 1 aromatic rings. The second-order valence-corrected chi connectivity index (χ2v) is 8.65. The van der Waals surface area contributed by atoms with Crippen LogP contribution < -0.4 is 5.32 Å². The normalized spacial score (nSPS) is 12.6. The van der Waals surface area contributed by atoms with Gasteiger partial charge in [-0.1, -0.05) is 44.7 Å². The second kappa shape index (κ2) is 9.67. The fourth-order valence-electron chi connectivity index (χ4n) is 2.30. The predicted molar refractivity (Wildman–Crippen MR) is 107 cm³/mol. The average Bonchev–Trinajstić information content (AvgIpc) is 2.47. The molecule has 0 bridgehead atoms. The van der Waals surface area contributed by atoms with Gasteiger partial charge < -0.3 is 10.1 Å². The maximum Gasteiger partial charge on any atom is 0.0576 e. The van der Waals surface area contributed by atoms with Crippen molar-refractivity contribution in [1.29, 1.82) is 0 Å². The van der Waals surface area contributed by atoms with Crippen molar-refractivity contribution in [3.63, 3.8) is 0 Å². The number of hydrogen-bond acceptors (Lipinski definition) is 2. The molecule has 1 rings (SSSR count). The summed E-state index contributed by atoms with van der Waals surface area (Å²) in [7, 11) is 0. The summed E-state index contributed by atoms with van der Waals surface area (Å²) < 4.78 is 5.58. The SMILES string of the molecule is CC(NC(C)(C)C)c1ccc(C#CC#CCCOCC(C)(C)C)cc1. The number of benzene rings is 1. The lowest BCUT2D eigenvalue weighted by molar-refractivity contribution is 0.0752. The third kappa shape index (κ3) is 10.7. The summed E-state index contributed by atoms with van der Waals surface area (Å²) in [4.78, 5) is 0. The van der Waals surface area contributed by atoms with E-state index in [0.717, 1.165) is 18.6 Å². The fraction of sp³-hybridized carbons (Fsp3) is 0.565. The van der Waals surface area contributed by atoms with Crippen LogP contribution in [0.4, 0.5) is 0 Å². The minimum absolute atomic E-state index is 0.101. The Bertz CT molecular complexity index is 636. The zero-order valence-corrected chi connectivity index (χ0v) is 16.9. The zero-order valence-electron chi connectivity index (χ0n) is 16.9. The molecule has 0 aliphatic rings. The maximum absolute atomic E-state index is 5.58. The number of ether oxygens (including phenoxy) is 1. The summed E-state index contributed by atoms with van der Waals surface area (Å²) in [6.07, 6.45) is 0.722. The summed E-state index contributed by atoms with van der Waals surface area (Å²) in [6, 6.07) is 8.67. The van der Waals surface area contributed by atoms with Crippen LogP contribution in [-0.4, -0.2) is 18.8 Å². The van der Waals surface area contributed by atoms with Crippen molar-refractivity contribution in [3.8, 4) is 23.7 Å². The Morgan fingerprint density at radius 3 is 2.20 bits per heavy atom. The number of rotatable bonds is 5. The zero-order chi connectivity index (χ0) is 18.9. The topological polar surface area (TPSA) is 21.3 Å². The van der Waals surface area contributed by atoms with E-state index in [1.165, 1.54) is 5.56 Å². The van der Waals surface area contributed by atoms with Gasteiger partial charge in [-0.05, 0) is 62.6 Å². The van der Waals surface area contributed by atoms with E-state index < -0.39 is 0 Å². The molecule has 136 valence electrons. The highest BCUT2D eigenvalue weighted by atomic mass is 16.5. The Kier molecular flexibility index (Phi) is 8.24. The molecule has 0 heterocycles. The molecule has 0 saturated heterocycles. The smallest absolute Gasteiger partial charge is 0.0576 e. The van der Waals surface area contributed by atoms with Gasteiger partial charge in [-0.2, -0.15) is 0 Å². The van der Waals surface area contributed by atoms with E-state index in [0.29, 0.717) is 12.6 Å². The van der Waals surface area contributed by atoms with Crippen molar-refractivity contribution < 1.29 is 4.74 Å². The number of hydrogen-bond donors (Lipinski definition) is 1. The summed E-state index contributed by atoms with van der Waals surface area (Å²) in [5.74, 6) is 11.9. The Labute approximate surface area is 154 Å². The van der Waals surface area contributed by atoms with Crippen LogP contribution in [-0.2, 0) is 4.74 Å². The first-order chi connectivity index (χ1) is 11.6. The first kappa shape index (κ1) is 21.3. The minimum atomic E-state index is 0.101. The quantitative estimate of drug-likeness (QED) is 0.606. The van der Waals surface area contributed by atoms with Gasteiger partial charge in [0.05, 0.1) is 13.2 Å². The Morgan fingerprint density at radius 2 is 1.64 bits per heavy atom. The van der Waals surface area contributed by atoms with Gasteiger partial charge in [0, 0.05) is 23.6 Å². The van der Waals surface area contributed by atoms with Gasteiger partial charge in [0.15, 0.2) is 0 Å². The third-order valence-corrected chi connectivity index (χ3v) is 3.32. The van der Waals surface area contributed by atoms with Crippen LogP contribution in [0.25, 0.3) is 0 Å². The van der Waals surface area contributed by atoms with Gasteiger partial charge in [-0.15, -0.1) is 0 Å². The van der Waals surface area contributed by atoms with Crippen LogP contribution in [0.5, 0.6) is 0 Å². The van der Waals surface area contributed by atoms with E-state index in [9.17, 15) is 0 Å². The lowest BCUT2D eigenvalue weighted by Crippen LogP contribution is -2.37. The van der Waals surface area contributed by atoms with Crippen LogP contribution in [0.2, 0.25) is 0 Å². The predicted octanol–water partition coefficient (Wildman–Crippen LogP) is 4.94.